The van der Waals surface area contributed by atoms with Gasteiger partial charge in [0.25, 0.3) is 0 Å². The molecule has 92 valence electrons. The first-order valence-corrected chi connectivity index (χ1v) is 5.79. The summed E-state index contributed by atoms with van der Waals surface area (Å²) in [6.07, 6.45) is 8.16. The first-order chi connectivity index (χ1) is 8.33. The van der Waals surface area contributed by atoms with E-state index in [-0.39, 0.29) is 6.61 Å². The topological polar surface area (TPSA) is 66.5 Å². The fourth-order valence-corrected chi connectivity index (χ4v) is 1.76. The molecule has 0 saturated heterocycles. The van der Waals surface area contributed by atoms with Crippen LogP contribution in [0.2, 0.25) is 0 Å². The van der Waals surface area contributed by atoms with Crippen LogP contribution in [0.15, 0.2) is 18.7 Å². The van der Waals surface area contributed by atoms with E-state index in [9.17, 15) is 0 Å². The normalized spacial score (nSPS) is 10.9. The van der Waals surface area contributed by atoms with Gasteiger partial charge in [-0.3, -0.25) is 4.40 Å². The van der Waals surface area contributed by atoms with Gasteiger partial charge in [0.05, 0.1) is 0 Å². The molecule has 1 N–H and O–H groups in total. The van der Waals surface area contributed by atoms with Crippen molar-refractivity contribution in [1.29, 1.82) is 0 Å². The fraction of sp³-hybridized carbons (Fsp3) is 0.545. The minimum absolute atomic E-state index is 0.266. The van der Waals surface area contributed by atoms with E-state index in [0.29, 0.717) is 0 Å². The number of aliphatic hydroxyl groups excluding tert-OH is 1. The van der Waals surface area contributed by atoms with Crippen molar-refractivity contribution < 1.29 is 5.11 Å². The van der Waals surface area contributed by atoms with E-state index in [0.717, 1.165) is 37.3 Å². The third kappa shape index (κ3) is 2.71. The molecule has 2 aromatic rings. The number of unbranched alkanes of at least 4 members (excludes halogenated alkanes) is 2. The van der Waals surface area contributed by atoms with Crippen molar-refractivity contribution in [2.75, 3.05) is 25.1 Å². The summed E-state index contributed by atoms with van der Waals surface area (Å²) >= 11 is 0. The Morgan fingerprint density at radius 2 is 2.24 bits per heavy atom. The Morgan fingerprint density at radius 3 is 3.06 bits per heavy atom. The summed E-state index contributed by atoms with van der Waals surface area (Å²) < 4.78 is 1.85. The predicted octanol–water partition coefficient (Wildman–Crippen LogP) is 0.723. The number of rotatable bonds is 6. The number of hydrogen-bond donors (Lipinski definition) is 1. The Labute approximate surface area is 99.9 Å². The van der Waals surface area contributed by atoms with Gasteiger partial charge >= 0.3 is 0 Å². The highest BCUT2D eigenvalue weighted by atomic mass is 16.2. The molecule has 0 aliphatic rings. The summed E-state index contributed by atoms with van der Waals surface area (Å²) in [7, 11) is 2.00. The van der Waals surface area contributed by atoms with Crippen LogP contribution in [0.3, 0.4) is 0 Å². The average molecular weight is 235 g/mol. The lowest BCUT2D eigenvalue weighted by molar-refractivity contribution is 0.283. The zero-order chi connectivity index (χ0) is 12.1. The van der Waals surface area contributed by atoms with Gasteiger partial charge in [0.2, 0.25) is 5.65 Å². The third-order valence-corrected chi connectivity index (χ3v) is 2.71. The van der Waals surface area contributed by atoms with Gasteiger partial charge in [-0.15, -0.1) is 10.2 Å². The maximum Gasteiger partial charge on any atom is 0.203 e. The number of anilines is 1. The molecule has 0 saturated carbocycles. The summed E-state index contributed by atoms with van der Waals surface area (Å²) in [5.41, 5.74) is 0.775. The molecule has 0 atom stereocenters. The van der Waals surface area contributed by atoms with Gasteiger partial charge in [0.15, 0.2) is 5.82 Å². The Bertz CT molecular complexity index is 470. The van der Waals surface area contributed by atoms with Gasteiger partial charge in [0.1, 0.15) is 6.33 Å². The SMILES string of the molecule is CN(CCCCCO)c1nccn2cnnc12. The van der Waals surface area contributed by atoms with Gasteiger partial charge in [-0.1, -0.05) is 0 Å². The van der Waals surface area contributed by atoms with Crippen LogP contribution in [0, 0.1) is 0 Å². The van der Waals surface area contributed by atoms with E-state index in [1.54, 1.807) is 12.5 Å². The fourth-order valence-electron chi connectivity index (χ4n) is 1.76. The Hall–Kier alpha value is -1.69. The maximum absolute atomic E-state index is 8.71. The van der Waals surface area contributed by atoms with Crippen molar-refractivity contribution >= 4 is 11.5 Å². The molecule has 0 aromatic carbocycles. The lowest BCUT2D eigenvalue weighted by atomic mass is 10.2. The molecule has 2 heterocycles. The molecule has 0 aliphatic carbocycles. The first kappa shape index (κ1) is 11.8. The lowest BCUT2D eigenvalue weighted by Gasteiger charge is -2.17. The van der Waals surface area contributed by atoms with Crippen LogP contribution in [0.1, 0.15) is 19.3 Å². The van der Waals surface area contributed by atoms with Crippen LogP contribution in [-0.4, -0.2) is 44.9 Å². The molecule has 0 radical (unpaired) electrons. The van der Waals surface area contributed by atoms with Crippen molar-refractivity contribution in [3.05, 3.63) is 18.7 Å². The standard InChI is InChI=1S/C11H17N5O/c1-15(6-3-2-4-8-17)10-11-14-13-9-16(11)7-5-12-10/h5,7,9,17H,2-4,6,8H2,1H3. The largest absolute Gasteiger partial charge is 0.396 e. The number of nitrogens with zero attached hydrogens (tertiary/aromatic N) is 5. The van der Waals surface area contributed by atoms with E-state index in [1.165, 1.54) is 0 Å². The number of aromatic nitrogens is 4. The summed E-state index contributed by atoms with van der Waals surface area (Å²) in [5.74, 6) is 0.842. The number of hydrogen-bond acceptors (Lipinski definition) is 5. The first-order valence-electron chi connectivity index (χ1n) is 5.79. The monoisotopic (exact) mass is 235 g/mol. The summed E-state index contributed by atoms with van der Waals surface area (Å²) in [6, 6.07) is 0. The van der Waals surface area contributed by atoms with Crippen molar-refractivity contribution in [2.24, 2.45) is 0 Å². The number of aliphatic hydroxyl groups is 1. The van der Waals surface area contributed by atoms with E-state index in [1.807, 2.05) is 17.6 Å². The molecule has 17 heavy (non-hydrogen) atoms. The van der Waals surface area contributed by atoms with Crippen molar-refractivity contribution in [3.8, 4) is 0 Å². The minimum Gasteiger partial charge on any atom is -0.396 e. The van der Waals surface area contributed by atoms with Gasteiger partial charge in [-0.2, -0.15) is 0 Å². The molecule has 0 unspecified atom stereocenters. The second-order valence-electron chi connectivity index (χ2n) is 4.02. The van der Waals surface area contributed by atoms with Gasteiger partial charge in [-0.25, -0.2) is 4.98 Å². The second-order valence-corrected chi connectivity index (χ2v) is 4.02. The molecular formula is C11H17N5O. The zero-order valence-corrected chi connectivity index (χ0v) is 9.95. The van der Waals surface area contributed by atoms with Crippen LogP contribution >= 0.6 is 0 Å². The van der Waals surface area contributed by atoms with E-state index < -0.39 is 0 Å². The zero-order valence-electron chi connectivity index (χ0n) is 9.95. The van der Waals surface area contributed by atoms with Crippen LogP contribution in [0.5, 0.6) is 0 Å². The summed E-state index contributed by atoms with van der Waals surface area (Å²) in [5, 5.41) is 16.6. The van der Waals surface area contributed by atoms with Crippen LogP contribution < -0.4 is 4.90 Å². The molecule has 0 aliphatic heterocycles. The van der Waals surface area contributed by atoms with Gasteiger partial charge in [-0.05, 0) is 19.3 Å². The van der Waals surface area contributed by atoms with Crippen LogP contribution in [0.25, 0.3) is 5.65 Å². The molecule has 0 spiro atoms. The smallest absolute Gasteiger partial charge is 0.203 e. The highest BCUT2D eigenvalue weighted by Gasteiger charge is 2.09. The van der Waals surface area contributed by atoms with E-state index >= 15 is 0 Å². The van der Waals surface area contributed by atoms with Crippen molar-refractivity contribution in [2.45, 2.75) is 19.3 Å². The Balaban J connectivity index is 2.03. The molecule has 0 fully saturated rings. The highest BCUT2D eigenvalue weighted by Crippen LogP contribution is 2.14. The van der Waals surface area contributed by atoms with E-state index in [2.05, 4.69) is 20.1 Å². The van der Waals surface area contributed by atoms with Crippen molar-refractivity contribution in [3.63, 3.8) is 0 Å². The second kappa shape index (κ2) is 5.58. The van der Waals surface area contributed by atoms with Crippen LogP contribution in [-0.2, 0) is 0 Å². The van der Waals surface area contributed by atoms with Crippen molar-refractivity contribution in [1.82, 2.24) is 19.6 Å². The quantitative estimate of drug-likeness (QED) is 0.747. The molecule has 6 nitrogen and oxygen atoms in total. The van der Waals surface area contributed by atoms with Gasteiger partial charge < -0.3 is 10.0 Å². The maximum atomic E-state index is 8.71. The molecule has 0 amide bonds. The summed E-state index contributed by atoms with van der Waals surface area (Å²) in [4.78, 5) is 6.40. The lowest BCUT2D eigenvalue weighted by Crippen LogP contribution is -2.20. The molecule has 2 aromatic heterocycles. The predicted molar refractivity (Wildman–Crippen MR) is 65.0 cm³/mol. The molecular weight excluding hydrogens is 218 g/mol. The molecule has 2 rings (SSSR count). The Kier molecular flexibility index (Phi) is 3.87. The average Bonchev–Trinajstić information content (AvgIpc) is 2.82. The highest BCUT2D eigenvalue weighted by molar-refractivity contribution is 5.62. The van der Waals surface area contributed by atoms with Crippen LogP contribution in [0.4, 0.5) is 5.82 Å². The van der Waals surface area contributed by atoms with E-state index in [4.69, 9.17) is 5.11 Å². The minimum atomic E-state index is 0.266. The van der Waals surface area contributed by atoms with Gasteiger partial charge in [0, 0.05) is 32.6 Å². The molecule has 6 heteroatoms. The molecule has 0 bridgehead atoms. The number of fused-ring (bicyclic) bond motifs is 1. The Morgan fingerprint density at radius 1 is 1.35 bits per heavy atom. The summed E-state index contributed by atoms with van der Waals surface area (Å²) in [6.45, 7) is 1.17. The third-order valence-electron chi connectivity index (χ3n) is 2.71.